The van der Waals surface area contributed by atoms with Crippen LogP contribution in [0.15, 0.2) is 46.7 Å². The van der Waals surface area contributed by atoms with Gasteiger partial charge in [0.2, 0.25) is 11.7 Å². The van der Waals surface area contributed by atoms with Crippen LogP contribution < -0.4 is 5.32 Å². The third kappa shape index (κ3) is 4.55. The van der Waals surface area contributed by atoms with Crippen molar-refractivity contribution in [2.45, 2.75) is 38.8 Å². The van der Waals surface area contributed by atoms with Crippen molar-refractivity contribution < 1.29 is 14.0 Å². The Bertz CT molecular complexity index is 1150. The summed E-state index contributed by atoms with van der Waals surface area (Å²) in [6.07, 6.45) is 4.04. The number of likely N-dealkylation sites (tertiary alicyclic amines) is 1. The normalized spacial score (nSPS) is 17.5. The molecule has 1 unspecified atom stereocenters. The largest absolute Gasteiger partial charge is 0.438 e. The number of amides is 2. The highest BCUT2D eigenvalue weighted by Gasteiger charge is 2.40. The van der Waals surface area contributed by atoms with Gasteiger partial charge in [-0.05, 0) is 38.8 Å². The number of hydrogen-bond acceptors (Lipinski definition) is 7. The predicted molar refractivity (Wildman–Crippen MR) is 118 cm³/mol. The number of nitrogens with one attached hydrogen (secondary N) is 1. The number of piperidine rings is 1. The zero-order valence-electron chi connectivity index (χ0n) is 17.9. The van der Waals surface area contributed by atoms with E-state index < -0.39 is 0 Å². The Morgan fingerprint density at radius 3 is 2.81 bits per heavy atom. The van der Waals surface area contributed by atoms with Gasteiger partial charge in [-0.3, -0.25) is 9.59 Å². The van der Waals surface area contributed by atoms with Gasteiger partial charge in [0.25, 0.3) is 5.91 Å². The smallest absolute Gasteiger partial charge is 0.291 e. The van der Waals surface area contributed by atoms with Crippen LogP contribution in [-0.4, -0.2) is 38.8 Å². The monoisotopic (exact) mass is 449 g/mol. The molecule has 1 fully saturated rings. The van der Waals surface area contributed by atoms with E-state index in [-0.39, 0.29) is 29.0 Å². The fourth-order valence-corrected chi connectivity index (χ4v) is 4.54. The van der Waals surface area contributed by atoms with Crippen LogP contribution >= 0.6 is 11.3 Å². The van der Waals surface area contributed by atoms with Gasteiger partial charge in [0, 0.05) is 23.0 Å². The van der Waals surface area contributed by atoms with Crippen molar-refractivity contribution in [3.05, 3.63) is 58.6 Å². The summed E-state index contributed by atoms with van der Waals surface area (Å²) in [5.41, 5.74) is 1.97. The van der Waals surface area contributed by atoms with Crippen LogP contribution in [0, 0.1) is 17.2 Å². The highest BCUT2D eigenvalue weighted by molar-refractivity contribution is 7.09. The lowest BCUT2D eigenvalue weighted by Gasteiger charge is -2.44. The average Bonchev–Trinajstić information content (AvgIpc) is 3.49. The number of carbonyl (C=O) groups excluding carboxylic acids is 2. The van der Waals surface area contributed by atoms with E-state index in [2.05, 4.69) is 21.4 Å². The minimum absolute atomic E-state index is 0.0917. The van der Waals surface area contributed by atoms with Crippen molar-refractivity contribution in [1.82, 2.24) is 20.2 Å². The van der Waals surface area contributed by atoms with E-state index in [1.54, 1.807) is 17.0 Å². The first-order chi connectivity index (χ1) is 15.4. The summed E-state index contributed by atoms with van der Waals surface area (Å²) in [4.78, 5) is 35.8. The summed E-state index contributed by atoms with van der Waals surface area (Å²) >= 11 is 1.47. The summed E-state index contributed by atoms with van der Waals surface area (Å²) in [5, 5.41) is 14.6. The molecule has 32 heavy (non-hydrogen) atoms. The van der Waals surface area contributed by atoms with E-state index in [0.717, 1.165) is 16.3 Å². The first-order valence-corrected chi connectivity index (χ1v) is 11.2. The number of nitriles is 1. The van der Waals surface area contributed by atoms with Gasteiger partial charge in [-0.1, -0.05) is 12.1 Å². The second-order valence-corrected chi connectivity index (χ2v) is 9.31. The van der Waals surface area contributed by atoms with Crippen LogP contribution in [0.25, 0.3) is 11.3 Å². The Morgan fingerprint density at radius 1 is 1.34 bits per heavy atom. The van der Waals surface area contributed by atoms with Crippen LogP contribution in [-0.2, 0) is 11.3 Å². The molecule has 2 amide bonds. The molecule has 0 saturated carbocycles. The Kier molecular flexibility index (Phi) is 6.06. The van der Waals surface area contributed by atoms with Crippen LogP contribution in [0.1, 0.15) is 47.8 Å². The molecule has 0 spiro atoms. The SMILES string of the molecule is CC1(C)CCC(C(=O)NCc2nc(-c3ccc(C#N)cc3)cs2)CN1C(=O)c1cnco1. The molecule has 1 N–H and O–H groups in total. The fourth-order valence-electron chi connectivity index (χ4n) is 3.79. The van der Waals surface area contributed by atoms with Gasteiger partial charge in [-0.25, -0.2) is 9.97 Å². The van der Waals surface area contributed by atoms with Crippen molar-refractivity contribution in [2.75, 3.05) is 6.54 Å². The molecule has 0 radical (unpaired) electrons. The van der Waals surface area contributed by atoms with Gasteiger partial charge in [-0.15, -0.1) is 11.3 Å². The van der Waals surface area contributed by atoms with E-state index in [9.17, 15) is 9.59 Å². The quantitative estimate of drug-likeness (QED) is 0.637. The summed E-state index contributed by atoms with van der Waals surface area (Å²) in [7, 11) is 0. The Morgan fingerprint density at radius 2 is 2.12 bits per heavy atom. The lowest BCUT2D eigenvalue weighted by Crippen LogP contribution is -2.55. The maximum atomic E-state index is 12.8. The summed E-state index contributed by atoms with van der Waals surface area (Å²) in [6.45, 7) is 4.65. The number of oxazole rings is 1. The predicted octanol–water partition coefficient (Wildman–Crippen LogP) is 3.62. The lowest BCUT2D eigenvalue weighted by molar-refractivity contribution is -0.127. The first-order valence-electron chi connectivity index (χ1n) is 10.3. The second-order valence-electron chi connectivity index (χ2n) is 8.36. The molecule has 1 atom stereocenters. The lowest BCUT2D eigenvalue weighted by atomic mass is 9.84. The van der Waals surface area contributed by atoms with Gasteiger partial charge in [0.05, 0.1) is 36.0 Å². The number of aromatic nitrogens is 2. The highest BCUT2D eigenvalue weighted by atomic mass is 32.1. The zero-order chi connectivity index (χ0) is 22.7. The van der Waals surface area contributed by atoms with Gasteiger partial charge in [0.1, 0.15) is 5.01 Å². The van der Waals surface area contributed by atoms with E-state index in [4.69, 9.17) is 9.68 Å². The molecule has 1 saturated heterocycles. The molecular weight excluding hydrogens is 426 g/mol. The molecule has 3 heterocycles. The maximum absolute atomic E-state index is 12.8. The zero-order valence-corrected chi connectivity index (χ0v) is 18.7. The fraction of sp³-hybridized carbons (Fsp3) is 0.348. The van der Waals surface area contributed by atoms with E-state index in [1.807, 2.05) is 31.4 Å². The molecule has 164 valence electrons. The van der Waals surface area contributed by atoms with Crippen molar-refractivity contribution >= 4 is 23.2 Å². The molecule has 0 aliphatic carbocycles. The standard InChI is InChI=1S/C23H23N5O3S/c1-23(2)8-7-17(12-28(23)22(30)19-10-25-14-31-19)21(29)26-11-20-27-18(13-32-20)16-5-3-15(9-24)4-6-16/h3-6,10,13-14,17H,7-8,11-12H2,1-2H3,(H,26,29). The topological polar surface area (TPSA) is 112 Å². The van der Waals surface area contributed by atoms with Crippen LogP contribution in [0.5, 0.6) is 0 Å². The van der Waals surface area contributed by atoms with E-state index in [1.165, 1.54) is 23.9 Å². The molecule has 3 aromatic rings. The highest BCUT2D eigenvalue weighted by Crippen LogP contribution is 2.32. The number of nitrogens with zero attached hydrogens (tertiary/aromatic N) is 4. The maximum Gasteiger partial charge on any atom is 0.291 e. The molecule has 1 aliphatic rings. The molecule has 8 nitrogen and oxygen atoms in total. The average molecular weight is 450 g/mol. The van der Waals surface area contributed by atoms with Gasteiger partial charge < -0.3 is 14.6 Å². The van der Waals surface area contributed by atoms with Crippen molar-refractivity contribution in [3.63, 3.8) is 0 Å². The number of rotatable bonds is 5. The van der Waals surface area contributed by atoms with Crippen molar-refractivity contribution in [2.24, 2.45) is 5.92 Å². The first kappa shape index (κ1) is 21.7. The van der Waals surface area contributed by atoms with E-state index >= 15 is 0 Å². The van der Waals surface area contributed by atoms with Gasteiger partial charge >= 0.3 is 0 Å². The number of carbonyl (C=O) groups is 2. The Labute approximate surface area is 189 Å². The number of hydrogen-bond donors (Lipinski definition) is 1. The molecule has 1 aromatic carbocycles. The second kappa shape index (κ2) is 8.93. The van der Waals surface area contributed by atoms with Crippen LogP contribution in [0.4, 0.5) is 0 Å². The molecular formula is C23H23N5O3S. The minimum atomic E-state index is -0.369. The van der Waals surface area contributed by atoms with E-state index in [0.29, 0.717) is 31.5 Å². The Hall–Kier alpha value is -3.51. The molecule has 9 heteroatoms. The molecule has 4 rings (SSSR count). The van der Waals surface area contributed by atoms with Crippen LogP contribution in [0.2, 0.25) is 0 Å². The van der Waals surface area contributed by atoms with Gasteiger partial charge in [0.15, 0.2) is 6.39 Å². The van der Waals surface area contributed by atoms with Crippen molar-refractivity contribution in [1.29, 1.82) is 5.26 Å². The number of benzene rings is 1. The number of thiazole rings is 1. The summed E-state index contributed by atoms with van der Waals surface area (Å²) < 4.78 is 5.17. The van der Waals surface area contributed by atoms with Crippen LogP contribution in [0.3, 0.4) is 0 Å². The Balaban J connectivity index is 1.37. The third-order valence-corrected chi connectivity index (χ3v) is 6.62. The van der Waals surface area contributed by atoms with Gasteiger partial charge in [-0.2, -0.15) is 5.26 Å². The van der Waals surface area contributed by atoms with Crippen molar-refractivity contribution in [3.8, 4) is 17.3 Å². The summed E-state index contributed by atoms with van der Waals surface area (Å²) in [5.74, 6) is -0.465. The molecule has 2 aromatic heterocycles. The minimum Gasteiger partial charge on any atom is -0.438 e. The molecule has 0 bridgehead atoms. The molecule has 1 aliphatic heterocycles. The summed E-state index contributed by atoms with van der Waals surface area (Å²) in [6, 6.07) is 9.33. The third-order valence-electron chi connectivity index (χ3n) is 5.77.